The van der Waals surface area contributed by atoms with Crippen molar-refractivity contribution < 1.29 is 23.1 Å². The molecule has 6 heteroatoms. The lowest BCUT2D eigenvalue weighted by molar-refractivity contribution is -0.137. The summed E-state index contributed by atoms with van der Waals surface area (Å²) in [6, 6.07) is 0. The van der Waals surface area contributed by atoms with Gasteiger partial charge in [-0.1, -0.05) is 6.58 Å². The molecule has 0 fully saturated rings. The monoisotopic (exact) mass is 211 g/mol. The van der Waals surface area contributed by atoms with Crippen molar-refractivity contribution in [1.29, 1.82) is 0 Å². The molecule has 0 rings (SSSR count). The van der Waals surface area contributed by atoms with Crippen molar-refractivity contribution in [2.75, 3.05) is 20.1 Å². The molecule has 82 valence electrons. The highest BCUT2D eigenvalue weighted by atomic mass is 19.4. The average molecular weight is 211 g/mol. The SMILES string of the molecule is C=C(CN(C)CCC(F)(F)F)C(=O)O. The summed E-state index contributed by atoms with van der Waals surface area (Å²) in [5, 5.41) is 8.41. The summed E-state index contributed by atoms with van der Waals surface area (Å²) in [7, 11) is 1.42. The third kappa shape index (κ3) is 6.47. The summed E-state index contributed by atoms with van der Waals surface area (Å²) < 4.78 is 35.2. The molecule has 0 aliphatic heterocycles. The number of aliphatic carboxylic acids is 1. The number of carboxylic acid groups (broad SMARTS) is 1. The van der Waals surface area contributed by atoms with E-state index in [1.165, 1.54) is 11.9 Å². The third-order valence-corrected chi connectivity index (χ3v) is 1.54. The molecule has 0 aliphatic rings. The van der Waals surface area contributed by atoms with Gasteiger partial charge in [0.15, 0.2) is 0 Å². The van der Waals surface area contributed by atoms with Crippen LogP contribution in [0.3, 0.4) is 0 Å². The number of carboxylic acids is 1. The van der Waals surface area contributed by atoms with Crippen LogP contribution in [0.2, 0.25) is 0 Å². The lowest BCUT2D eigenvalue weighted by Crippen LogP contribution is -2.27. The number of carbonyl (C=O) groups is 1. The van der Waals surface area contributed by atoms with Gasteiger partial charge in [-0.3, -0.25) is 0 Å². The van der Waals surface area contributed by atoms with Crippen LogP contribution in [0, 0.1) is 0 Å². The zero-order valence-corrected chi connectivity index (χ0v) is 7.76. The molecule has 0 saturated heterocycles. The first-order valence-corrected chi connectivity index (χ1v) is 3.89. The molecular weight excluding hydrogens is 199 g/mol. The number of halogens is 3. The third-order valence-electron chi connectivity index (χ3n) is 1.54. The van der Waals surface area contributed by atoms with E-state index < -0.39 is 18.6 Å². The molecule has 0 heterocycles. The normalized spacial score (nSPS) is 11.8. The van der Waals surface area contributed by atoms with Crippen molar-refractivity contribution >= 4 is 5.97 Å². The summed E-state index contributed by atoms with van der Waals surface area (Å²) >= 11 is 0. The largest absolute Gasteiger partial charge is 0.478 e. The Balaban J connectivity index is 3.82. The Morgan fingerprint density at radius 1 is 1.50 bits per heavy atom. The first-order valence-electron chi connectivity index (χ1n) is 3.89. The van der Waals surface area contributed by atoms with Gasteiger partial charge in [-0.2, -0.15) is 13.2 Å². The second-order valence-electron chi connectivity index (χ2n) is 3.01. The summed E-state index contributed by atoms with van der Waals surface area (Å²) in [6.45, 7) is 2.93. The molecule has 1 N–H and O–H groups in total. The second-order valence-corrected chi connectivity index (χ2v) is 3.01. The Bertz CT molecular complexity index is 225. The zero-order chi connectivity index (χ0) is 11.4. The van der Waals surface area contributed by atoms with Crippen molar-refractivity contribution in [2.45, 2.75) is 12.6 Å². The Morgan fingerprint density at radius 2 is 2.00 bits per heavy atom. The maximum Gasteiger partial charge on any atom is 0.390 e. The molecular formula is C8H12F3NO2. The molecule has 0 bridgehead atoms. The minimum absolute atomic E-state index is 0.0641. The highest BCUT2D eigenvalue weighted by Gasteiger charge is 2.27. The van der Waals surface area contributed by atoms with E-state index in [-0.39, 0.29) is 18.7 Å². The van der Waals surface area contributed by atoms with E-state index in [2.05, 4.69) is 6.58 Å². The lowest BCUT2D eigenvalue weighted by Gasteiger charge is -2.17. The molecule has 0 amide bonds. The van der Waals surface area contributed by atoms with Gasteiger partial charge in [-0.25, -0.2) is 4.79 Å². The Labute approximate surface area is 79.8 Å². The van der Waals surface area contributed by atoms with E-state index in [0.29, 0.717) is 0 Å². The first-order chi connectivity index (χ1) is 6.22. The van der Waals surface area contributed by atoms with Crippen molar-refractivity contribution in [3.8, 4) is 0 Å². The molecule has 0 aromatic rings. The molecule has 0 radical (unpaired) electrons. The van der Waals surface area contributed by atoms with Crippen LogP contribution in [0.4, 0.5) is 13.2 Å². The van der Waals surface area contributed by atoms with Crippen molar-refractivity contribution in [3.05, 3.63) is 12.2 Å². The number of likely N-dealkylation sites (N-methyl/N-ethyl adjacent to an activating group) is 1. The fourth-order valence-corrected chi connectivity index (χ4v) is 0.790. The standard InChI is InChI=1S/C8H12F3NO2/c1-6(7(13)14)5-12(2)4-3-8(9,10)11/h1,3-5H2,2H3,(H,13,14). The van der Waals surface area contributed by atoms with Crippen LogP contribution in [0.5, 0.6) is 0 Å². The fraction of sp³-hybridized carbons (Fsp3) is 0.625. The van der Waals surface area contributed by atoms with Crippen LogP contribution < -0.4 is 0 Å². The molecule has 0 unspecified atom stereocenters. The maximum absolute atomic E-state index is 11.7. The van der Waals surface area contributed by atoms with Gasteiger partial charge in [0.25, 0.3) is 0 Å². The molecule has 14 heavy (non-hydrogen) atoms. The Morgan fingerprint density at radius 3 is 2.36 bits per heavy atom. The van der Waals surface area contributed by atoms with Gasteiger partial charge in [0.05, 0.1) is 6.42 Å². The average Bonchev–Trinajstić information content (AvgIpc) is 1.99. The Kier molecular flexibility index (Phi) is 4.62. The number of rotatable bonds is 5. The van der Waals surface area contributed by atoms with Gasteiger partial charge in [0, 0.05) is 18.7 Å². The van der Waals surface area contributed by atoms with Gasteiger partial charge in [-0.05, 0) is 7.05 Å². The summed E-state index contributed by atoms with van der Waals surface area (Å²) in [6.07, 6.45) is -5.16. The van der Waals surface area contributed by atoms with Gasteiger partial charge in [0.1, 0.15) is 0 Å². The smallest absolute Gasteiger partial charge is 0.390 e. The minimum atomic E-state index is -4.21. The molecule has 0 spiro atoms. The van der Waals surface area contributed by atoms with Crippen molar-refractivity contribution in [2.24, 2.45) is 0 Å². The van der Waals surface area contributed by atoms with Crippen molar-refractivity contribution in [1.82, 2.24) is 4.90 Å². The summed E-state index contributed by atoms with van der Waals surface area (Å²) in [4.78, 5) is 11.6. The van der Waals surface area contributed by atoms with Crippen LogP contribution in [0.1, 0.15) is 6.42 Å². The molecule has 0 aromatic carbocycles. The molecule has 3 nitrogen and oxygen atoms in total. The number of nitrogens with zero attached hydrogens (tertiary/aromatic N) is 1. The first kappa shape index (κ1) is 13.0. The maximum atomic E-state index is 11.7. The fourth-order valence-electron chi connectivity index (χ4n) is 0.790. The van der Waals surface area contributed by atoms with E-state index in [1.54, 1.807) is 0 Å². The predicted molar refractivity (Wildman–Crippen MR) is 44.9 cm³/mol. The van der Waals surface area contributed by atoms with E-state index >= 15 is 0 Å². The highest BCUT2D eigenvalue weighted by molar-refractivity contribution is 5.86. The number of hydrogen-bond donors (Lipinski definition) is 1. The highest BCUT2D eigenvalue weighted by Crippen LogP contribution is 2.19. The topological polar surface area (TPSA) is 40.5 Å². The van der Waals surface area contributed by atoms with Crippen LogP contribution in [-0.2, 0) is 4.79 Å². The van der Waals surface area contributed by atoms with Crippen LogP contribution >= 0.6 is 0 Å². The van der Waals surface area contributed by atoms with Gasteiger partial charge < -0.3 is 10.0 Å². The number of hydrogen-bond acceptors (Lipinski definition) is 2. The van der Waals surface area contributed by atoms with Crippen LogP contribution in [0.25, 0.3) is 0 Å². The lowest BCUT2D eigenvalue weighted by atomic mass is 10.3. The Hall–Kier alpha value is -1.04. The van der Waals surface area contributed by atoms with Crippen LogP contribution in [-0.4, -0.2) is 42.3 Å². The number of alkyl halides is 3. The van der Waals surface area contributed by atoms with Gasteiger partial charge >= 0.3 is 12.1 Å². The zero-order valence-electron chi connectivity index (χ0n) is 7.76. The van der Waals surface area contributed by atoms with Gasteiger partial charge in [-0.15, -0.1) is 0 Å². The molecule has 0 aliphatic carbocycles. The molecule has 0 atom stereocenters. The van der Waals surface area contributed by atoms with E-state index in [9.17, 15) is 18.0 Å². The quantitative estimate of drug-likeness (QED) is 0.701. The van der Waals surface area contributed by atoms with Crippen molar-refractivity contribution in [3.63, 3.8) is 0 Å². The van der Waals surface area contributed by atoms with E-state index in [4.69, 9.17) is 5.11 Å². The summed E-state index contributed by atoms with van der Waals surface area (Å²) in [5.74, 6) is -1.19. The molecule has 0 aromatic heterocycles. The summed E-state index contributed by atoms with van der Waals surface area (Å²) in [5.41, 5.74) is -0.116. The second kappa shape index (κ2) is 4.99. The molecule has 0 saturated carbocycles. The van der Waals surface area contributed by atoms with Crippen LogP contribution in [0.15, 0.2) is 12.2 Å². The predicted octanol–water partition coefficient (Wildman–Crippen LogP) is 1.51. The van der Waals surface area contributed by atoms with E-state index in [1.807, 2.05) is 0 Å². The van der Waals surface area contributed by atoms with E-state index in [0.717, 1.165) is 0 Å². The van der Waals surface area contributed by atoms with Gasteiger partial charge in [0.2, 0.25) is 0 Å². The minimum Gasteiger partial charge on any atom is -0.478 e.